The van der Waals surface area contributed by atoms with Gasteiger partial charge in [0.05, 0.1) is 5.75 Å². The Morgan fingerprint density at radius 3 is 2.94 bits per heavy atom. The smallest absolute Gasteiger partial charge is 0.210 e. The lowest BCUT2D eigenvalue weighted by molar-refractivity contribution is 0.598. The summed E-state index contributed by atoms with van der Waals surface area (Å²) in [4.78, 5) is 8.29. The van der Waals surface area contributed by atoms with Crippen molar-refractivity contribution in [1.29, 1.82) is 0 Å². The fourth-order valence-electron chi connectivity index (χ4n) is 1.82. The fourth-order valence-corrected chi connectivity index (χ4v) is 2.21. The summed E-state index contributed by atoms with van der Waals surface area (Å²) < 4.78 is 21.5. The highest BCUT2D eigenvalue weighted by molar-refractivity contribution is 7.89. The molecule has 0 spiro atoms. The quantitative estimate of drug-likeness (QED) is 0.753. The second-order valence-corrected chi connectivity index (χ2v) is 5.53. The van der Waals surface area contributed by atoms with Crippen LogP contribution in [0.5, 0.6) is 0 Å². The number of hydrogen-bond donors (Lipinski definition) is 2. The number of nitrogens with two attached hydrogens (primary N) is 1. The molecule has 0 saturated carbocycles. The number of primary sulfonamides is 1. The van der Waals surface area contributed by atoms with E-state index in [1.165, 1.54) is 6.33 Å². The summed E-state index contributed by atoms with van der Waals surface area (Å²) in [5.41, 5.74) is 2.17. The summed E-state index contributed by atoms with van der Waals surface area (Å²) in [6.45, 7) is 0.280. The van der Waals surface area contributed by atoms with E-state index in [0.29, 0.717) is 0 Å². The number of aryl methyl sites for hydroxylation is 1. The van der Waals surface area contributed by atoms with Crippen LogP contribution in [0.2, 0.25) is 0 Å². The molecule has 0 radical (unpaired) electrons. The first-order valence-corrected chi connectivity index (χ1v) is 6.85. The van der Waals surface area contributed by atoms with Crippen molar-refractivity contribution in [1.82, 2.24) is 9.97 Å². The third-order valence-corrected chi connectivity index (χ3v) is 3.33. The van der Waals surface area contributed by atoms with Crippen molar-refractivity contribution in [2.75, 3.05) is 17.6 Å². The van der Waals surface area contributed by atoms with Gasteiger partial charge in [-0.2, -0.15) is 0 Å². The van der Waals surface area contributed by atoms with Gasteiger partial charge in [-0.25, -0.2) is 23.5 Å². The highest BCUT2D eigenvalue weighted by Crippen LogP contribution is 2.24. The van der Waals surface area contributed by atoms with Crippen LogP contribution in [0.25, 0.3) is 0 Å². The minimum atomic E-state index is -3.41. The molecule has 0 aromatic carbocycles. The van der Waals surface area contributed by atoms with Crippen LogP contribution in [0.1, 0.15) is 17.7 Å². The number of anilines is 1. The molecule has 0 amide bonds. The zero-order chi connectivity index (χ0) is 11.6. The molecule has 1 aromatic heterocycles. The molecule has 16 heavy (non-hydrogen) atoms. The van der Waals surface area contributed by atoms with E-state index in [1.807, 2.05) is 0 Å². The van der Waals surface area contributed by atoms with E-state index >= 15 is 0 Å². The SMILES string of the molecule is NS(=O)(=O)CCNc1ncnc2c1CCC2. The second-order valence-electron chi connectivity index (χ2n) is 3.79. The Balaban J connectivity index is 2.03. The molecular formula is C9H14N4O2S. The number of sulfonamides is 1. The molecule has 0 unspecified atom stereocenters. The summed E-state index contributed by atoms with van der Waals surface area (Å²) in [6.07, 6.45) is 4.51. The van der Waals surface area contributed by atoms with E-state index in [0.717, 1.165) is 36.3 Å². The van der Waals surface area contributed by atoms with Crippen LogP contribution in [-0.4, -0.2) is 30.7 Å². The molecule has 0 aliphatic heterocycles. The van der Waals surface area contributed by atoms with E-state index in [1.54, 1.807) is 0 Å². The first kappa shape index (κ1) is 11.3. The maximum atomic E-state index is 10.8. The number of fused-ring (bicyclic) bond motifs is 1. The van der Waals surface area contributed by atoms with Crippen molar-refractivity contribution in [3.8, 4) is 0 Å². The first-order chi connectivity index (χ1) is 7.56. The summed E-state index contributed by atoms with van der Waals surface area (Å²) in [7, 11) is -3.41. The Morgan fingerprint density at radius 2 is 2.19 bits per heavy atom. The second kappa shape index (κ2) is 4.34. The Morgan fingerprint density at radius 1 is 1.38 bits per heavy atom. The molecule has 0 bridgehead atoms. The van der Waals surface area contributed by atoms with Crippen molar-refractivity contribution < 1.29 is 8.42 Å². The average Bonchev–Trinajstić information content (AvgIpc) is 2.64. The van der Waals surface area contributed by atoms with Crippen molar-refractivity contribution in [3.63, 3.8) is 0 Å². The van der Waals surface area contributed by atoms with Gasteiger partial charge in [-0.05, 0) is 19.3 Å². The highest BCUT2D eigenvalue weighted by atomic mass is 32.2. The zero-order valence-corrected chi connectivity index (χ0v) is 9.63. The third kappa shape index (κ3) is 2.67. The number of rotatable bonds is 4. The molecule has 88 valence electrons. The molecule has 0 saturated heterocycles. The molecule has 1 aliphatic rings. The van der Waals surface area contributed by atoms with Gasteiger partial charge in [-0.3, -0.25) is 0 Å². The summed E-state index contributed by atoms with van der Waals surface area (Å²) in [6, 6.07) is 0. The van der Waals surface area contributed by atoms with Gasteiger partial charge >= 0.3 is 0 Å². The molecule has 1 aliphatic carbocycles. The molecule has 7 heteroatoms. The standard InChI is InChI=1S/C9H14N4O2S/c10-16(14,15)5-4-11-9-7-2-1-3-8(7)12-6-13-9/h6H,1-5H2,(H2,10,14,15)(H,11,12,13). The van der Waals surface area contributed by atoms with Crippen LogP contribution >= 0.6 is 0 Å². The van der Waals surface area contributed by atoms with Crippen molar-refractivity contribution in [2.24, 2.45) is 5.14 Å². The van der Waals surface area contributed by atoms with Crippen LogP contribution in [0, 0.1) is 0 Å². The van der Waals surface area contributed by atoms with Crippen LogP contribution in [0.4, 0.5) is 5.82 Å². The maximum absolute atomic E-state index is 10.8. The largest absolute Gasteiger partial charge is 0.369 e. The van der Waals surface area contributed by atoms with Crippen LogP contribution in [0.3, 0.4) is 0 Å². The number of nitrogens with one attached hydrogen (secondary N) is 1. The van der Waals surface area contributed by atoms with Gasteiger partial charge in [-0.1, -0.05) is 0 Å². The molecule has 0 fully saturated rings. The number of hydrogen-bond acceptors (Lipinski definition) is 5. The Kier molecular flexibility index (Phi) is 3.06. The Hall–Kier alpha value is -1.21. The molecule has 2 rings (SSSR count). The molecule has 1 aromatic rings. The van der Waals surface area contributed by atoms with Crippen molar-refractivity contribution >= 4 is 15.8 Å². The van der Waals surface area contributed by atoms with Gasteiger partial charge in [-0.15, -0.1) is 0 Å². The fraction of sp³-hybridized carbons (Fsp3) is 0.556. The van der Waals surface area contributed by atoms with Gasteiger partial charge in [0, 0.05) is 17.8 Å². The summed E-state index contributed by atoms with van der Waals surface area (Å²) in [5.74, 6) is 0.650. The third-order valence-electron chi connectivity index (χ3n) is 2.55. The van der Waals surface area contributed by atoms with Crippen LogP contribution in [0.15, 0.2) is 6.33 Å². The number of aromatic nitrogens is 2. The van der Waals surface area contributed by atoms with Gasteiger partial charge in [0.2, 0.25) is 10.0 Å². The minimum absolute atomic E-state index is 0.0915. The summed E-state index contributed by atoms with van der Waals surface area (Å²) in [5, 5.41) is 7.90. The Bertz CT molecular complexity index is 486. The predicted octanol–water partition coefficient (Wildman–Crippen LogP) is -0.334. The Labute approximate surface area is 94.3 Å². The minimum Gasteiger partial charge on any atom is -0.369 e. The lowest BCUT2D eigenvalue weighted by Gasteiger charge is -2.08. The number of nitrogens with zero attached hydrogens (tertiary/aromatic N) is 2. The maximum Gasteiger partial charge on any atom is 0.210 e. The van der Waals surface area contributed by atoms with E-state index in [2.05, 4.69) is 15.3 Å². The van der Waals surface area contributed by atoms with Crippen molar-refractivity contribution in [2.45, 2.75) is 19.3 Å². The lowest BCUT2D eigenvalue weighted by Crippen LogP contribution is -2.23. The van der Waals surface area contributed by atoms with Gasteiger partial charge in [0.15, 0.2) is 0 Å². The highest BCUT2D eigenvalue weighted by Gasteiger charge is 2.16. The lowest BCUT2D eigenvalue weighted by atomic mass is 10.2. The van der Waals surface area contributed by atoms with Gasteiger partial charge < -0.3 is 5.32 Å². The van der Waals surface area contributed by atoms with E-state index in [4.69, 9.17) is 5.14 Å². The monoisotopic (exact) mass is 242 g/mol. The van der Waals surface area contributed by atoms with E-state index in [9.17, 15) is 8.42 Å². The van der Waals surface area contributed by atoms with Crippen LogP contribution in [-0.2, 0) is 22.9 Å². The molecule has 3 N–H and O–H groups in total. The molecule has 6 nitrogen and oxygen atoms in total. The molecule has 1 heterocycles. The van der Waals surface area contributed by atoms with Gasteiger partial charge in [0.25, 0.3) is 0 Å². The van der Waals surface area contributed by atoms with Crippen LogP contribution < -0.4 is 10.5 Å². The first-order valence-electron chi connectivity index (χ1n) is 5.13. The topological polar surface area (TPSA) is 98.0 Å². The molecule has 0 atom stereocenters. The summed E-state index contributed by atoms with van der Waals surface area (Å²) >= 11 is 0. The van der Waals surface area contributed by atoms with E-state index in [-0.39, 0.29) is 12.3 Å². The zero-order valence-electron chi connectivity index (χ0n) is 8.81. The average molecular weight is 242 g/mol. The predicted molar refractivity (Wildman–Crippen MR) is 60.5 cm³/mol. The molecular weight excluding hydrogens is 228 g/mol. The van der Waals surface area contributed by atoms with Gasteiger partial charge in [0.1, 0.15) is 12.1 Å². The van der Waals surface area contributed by atoms with Crippen molar-refractivity contribution in [3.05, 3.63) is 17.6 Å². The normalized spacial score (nSPS) is 14.8. The van der Waals surface area contributed by atoms with E-state index < -0.39 is 10.0 Å².